The van der Waals surface area contributed by atoms with Crippen LogP contribution in [0.25, 0.3) is 0 Å². The average Bonchev–Trinajstić information content (AvgIpc) is 2.45. The van der Waals surface area contributed by atoms with Gasteiger partial charge in [-0.3, -0.25) is 0 Å². The summed E-state index contributed by atoms with van der Waals surface area (Å²) < 4.78 is 9.73. The third kappa shape index (κ3) is 1.42. The second-order valence-electron chi connectivity index (χ2n) is 1.91. The number of esters is 1. The maximum atomic E-state index is 11.1. The standard InChI is InChI=1S/C6H7BrN2O3/c1-11-5-3(6(10)12-2)4(7)8-9-5/h1-2H3,(H,8,9). The van der Waals surface area contributed by atoms with Crippen molar-refractivity contribution in [1.29, 1.82) is 0 Å². The van der Waals surface area contributed by atoms with Gasteiger partial charge in [-0.05, 0) is 15.9 Å². The van der Waals surface area contributed by atoms with Crippen LogP contribution < -0.4 is 4.74 Å². The number of rotatable bonds is 2. The second-order valence-corrected chi connectivity index (χ2v) is 2.67. The van der Waals surface area contributed by atoms with Crippen LogP contribution in [0.1, 0.15) is 10.4 Å². The van der Waals surface area contributed by atoms with Crippen molar-refractivity contribution >= 4 is 21.9 Å². The summed E-state index contributed by atoms with van der Waals surface area (Å²) in [5.41, 5.74) is 0.264. The molecule has 1 heterocycles. The van der Waals surface area contributed by atoms with Gasteiger partial charge in [0.15, 0.2) is 5.56 Å². The van der Waals surface area contributed by atoms with Gasteiger partial charge in [-0.1, -0.05) is 0 Å². The van der Waals surface area contributed by atoms with E-state index < -0.39 is 5.97 Å². The van der Waals surface area contributed by atoms with E-state index in [4.69, 9.17) is 4.74 Å². The molecule has 66 valence electrons. The molecule has 0 atom stereocenters. The van der Waals surface area contributed by atoms with Crippen LogP contribution in [0, 0.1) is 0 Å². The van der Waals surface area contributed by atoms with Crippen molar-refractivity contribution in [2.45, 2.75) is 0 Å². The molecule has 0 unspecified atom stereocenters. The van der Waals surface area contributed by atoms with Crippen molar-refractivity contribution in [3.05, 3.63) is 10.2 Å². The van der Waals surface area contributed by atoms with Crippen molar-refractivity contribution in [1.82, 2.24) is 10.2 Å². The lowest BCUT2D eigenvalue weighted by molar-refractivity contribution is 0.0596. The predicted molar refractivity (Wildman–Crippen MR) is 44.2 cm³/mol. The minimum absolute atomic E-state index is 0.264. The molecule has 1 aromatic heterocycles. The Balaban J connectivity index is 3.10. The van der Waals surface area contributed by atoms with Gasteiger partial charge in [0.1, 0.15) is 4.60 Å². The van der Waals surface area contributed by atoms with Crippen LogP contribution in [0.3, 0.4) is 0 Å². The van der Waals surface area contributed by atoms with Gasteiger partial charge in [0, 0.05) is 0 Å². The van der Waals surface area contributed by atoms with Gasteiger partial charge in [0.25, 0.3) is 0 Å². The molecule has 6 heteroatoms. The molecule has 0 bridgehead atoms. The number of carbonyl (C=O) groups excluding carboxylic acids is 1. The zero-order chi connectivity index (χ0) is 9.14. The molecular formula is C6H7BrN2O3. The van der Waals surface area contributed by atoms with Gasteiger partial charge < -0.3 is 9.47 Å². The highest BCUT2D eigenvalue weighted by Gasteiger charge is 2.19. The number of hydrogen-bond donors (Lipinski definition) is 1. The number of ether oxygens (including phenoxy) is 2. The third-order valence-electron chi connectivity index (χ3n) is 1.28. The predicted octanol–water partition coefficient (Wildman–Crippen LogP) is 0.967. The number of hydrogen-bond acceptors (Lipinski definition) is 4. The maximum absolute atomic E-state index is 11.1. The van der Waals surface area contributed by atoms with E-state index in [2.05, 4.69) is 30.9 Å². The summed E-state index contributed by atoms with van der Waals surface area (Å²) in [5.74, 6) is -0.207. The minimum Gasteiger partial charge on any atom is -0.481 e. The molecule has 0 aromatic carbocycles. The second kappa shape index (κ2) is 3.57. The molecule has 1 N–H and O–H groups in total. The smallest absolute Gasteiger partial charge is 0.346 e. The van der Waals surface area contributed by atoms with Crippen molar-refractivity contribution < 1.29 is 14.3 Å². The minimum atomic E-state index is -0.493. The Kier molecular flexibility index (Phi) is 2.69. The fraction of sp³-hybridized carbons (Fsp3) is 0.333. The van der Waals surface area contributed by atoms with E-state index >= 15 is 0 Å². The van der Waals surface area contributed by atoms with E-state index in [1.54, 1.807) is 0 Å². The van der Waals surface area contributed by atoms with Crippen LogP contribution in [-0.4, -0.2) is 30.4 Å². The van der Waals surface area contributed by atoms with Gasteiger partial charge in [0.05, 0.1) is 14.2 Å². The molecule has 1 aromatic rings. The summed E-state index contributed by atoms with van der Waals surface area (Å²) in [6.45, 7) is 0. The third-order valence-corrected chi connectivity index (χ3v) is 1.86. The van der Waals surface area contributed by atoms with Crippen LogP contribution in [0.2, 0.25) is 0 Å². The van der Waals surface area contributed by atoms with Crippen LogP contribution in [-0.2, 0) is 4.74 Å². The van der Waals surface area contributed by atoms with Gasteiger partial charge in [-0.2, -0.15) is 5.10 Å². The van der Waals surface area contributed by atoms with Crippen molar-refractivity contribution in [2.24, 2.45) is 0 Å². The molecule has 1 rings (SSSR count). The van der Waals surface area contributed by atoms with Crippen LogP contribution in [0.5, 0.6) is 5.88 Å². The van der Waals surface area contributed by atoms with E-state index in [0.717, 1.165) is 0 Å². The quantitative estimate of drug-likeness (QED) is 0.775. The van der Waals surface area contributed by atoms with E-state index in [1.165, 1.54) is 14.2 Å². The molecule has 0 fully saturated rings. The van der Waals surface area contributed by atoms with Crippen molar-refractivity contribution in [3.63, 3.8) is 0 Å². The Morgan fingerprint density at radius 1 is 1.58 bits per heavy atom. The Morgan fingerprint density at radius 3 is 2.75 bits per heavy atom. The highest BCUT2D eigenvalue weighted by atomic mass is 79.9. The lowest BCUT2D eigenvalue weighted by atomic mass is 10.3. The van der Waals surface area contributed by atoms with Crippen molar-refractivity contribution in [3.8, 4) is 5.88 Å². The number of methoxy groups -OCH3 is 2. The summed E-state index contributed by atoms with van der Waals surface area (Å²) in [7, 11) is 2.73. The number of nitrogens with one attached hydrogen (secondary N) is 1. The summed E-state index contributed by atoms with van der Waals surface area (Å²) in [6, 6.07) is 0. The normalized spacial score (nSPS) is 9.58. The number of H-pyrrole nitrogens is 1. The van der Waals surface area contributed by atoms with Gasteiger partial charge in [-0.15, -0.1) is 0 Å². The summed E-state index contributed by atoms with van der Waals surface area (Å²) in [6.07, 6.45) is 0. The molecule has 0 aliphatic rings. The van der Waals surface area contributed by atoms with Gasteiger partial charge in [0.2, 0.25) is 5.88 Å². The zero-order valence-electron chi connectivity index (χ0n) is 6.55. The van der Waals surface area contributed by atoms with E-state index in [0.29, 0.717) is 4.60 Å². The summed E-state index contributed by atoms with van der Waals surface area (Å²) in [5, 5.41) is 6.24. The molecule has 0 saturated carbocycles. The first kappa shape index (κ1) is 9.05. The Morgan fingerprint density at radius 2 is 2.25 bits per heavy atom. The SMILES string of the molecule is COC(=O)c1c(Br)n[nH]c1OC. The Hall–Kier alpha value is -1.04. The first-order valence-corrected chi connectivity index (χ1v) is 3.86. The molecule has 0 aliphatic heterocycles. The maximum Gasteiger partial charge on any atom is 0.346 e. The Bertz CT molecular complexity index is 297. The molecule has 12 heavy (non-hydrogen) atoms. The monoisotopic (exact) mass is 234 g/mol. The Labute approximate surface area is 77.2 Å². The topological polar surface area (TPSA) is 64.2 Å². The molecule has 0 spiro atoms. The summed E-state index contributed by atoms with van der Waals surface area (Å²) in [4.78, 5) is 11.1. The van der Waals surface area contributed by atoms with Crippen LogP contribution >= 0.6 is 15.9 Å². The van der Waals surface area contributed by atoms with Gasteiger partial charge >= 0.3 is 5.97 Å². The number of carbonyl (C=O) groups is 1. The average molecular weight is 235 g/mol. The lowest BCUT2D eigenvalue weighted by Crippen LogP contribution is -2.02. The zero-order valence-corrected chi connectivity index (χ0v) is 8.14. The first-order valence-electron chi connectivity index (χ1n) is 3.07. The van der Waals surface area contributed by atoms with E-state index in [1.807, 2.05) is 0 Å². The van der Waals surface area contributed by atoms with E-state index in [-0.39, 0.29) is 11.4 Å². The molecule has 5 nitrogen and oxygen atoms in total. The van der Waals surface area contributed by atoms with Gasteiger partial charge in [-0.25, -0.2) is 9.89 Å². The van der Waals surface area contributed by atoms with E-state index in [9.17, 15) is 4.79 Å². The van der Waals surface area contributed by atoms with Crippen LogP contribution in [0.15, 0.2) is 4.60 Å². The molecular weight excluding hydrogens is 228 g/mol. The molecule has 0 saturated heterocycles. The number of aromatic nitrogens is 2. The fourth-order valence-electron chi connectivity index (χ4n) is 0.732. The lowest BCUT2D eigenvalue weighted by Gasteiger charge is -1.98. The highest BCUT2D eigenvalue weighted by molar-refractivity contribution is 9.10. The largest absolute Gasteiger partial charge is 0.481 e. The van der Waals surface area contributed by atoms with Crippen molar-refractivity contribution in [2.75, 3.05) is 14.2 Å². The highest BCUT2D eigenvalue weighted by Crippen LogP contribution is 2.23. The van der Waals surface area contributed by atoms with Crippen LogP contribution in [0.4, 0.5) is 0 Å². The summed E-state index contributed by atoms with van der Waals surface area (Å²) >= 11 is 3.08. The number of halogens is 1. The first-order chi connectivity index (χ1) is 5.70. The fourth-order valence-corrected chi connectivity index (χ4v) is 1.16. The molecule has 0 aliphatic carbocycles. The number of nitrogens with zero attached hydrogens (tertiary/aromatic N) is 1. The molecule has 0 amide bonds. The number of aromatic amines is 1. The molecule has 0 radical (unpaired) electrons.